The van der Waals surface area contributed by atoms with E-state index in [1.165, 1.54) is 30.3 Å². The van der Waals surface area contributed by atoms with E-state index in [2.05, 4.69) is 15.9 Å². The molecule has 0 saturated heterocycles. The molecule has 1 heterocycles. The highest BCUT2D eigenvalue weighted by molar-refractivity contribution is 9.09. The van der Waals surface area contributed by atoms with Crippen molar-refractivity contribution in [2.45, 2.75) is 0 Å². The van der Waals surface area contributed by atoms with Crippen LogP contribution in [0.2, 0.25) is 5.02 Å². The first-order valence-corrected chi connectivity index (χ1v) is 6.66. The highest BCUT2D eigenvalue weighted by Crippen LogP contribution is 2.33. The number of rotatable bonds is 4. The van der Waals surface area contributed by atoms with Crippen molar-refractivity contribution >= 4 is 39.0 Å². The second kappa shape index (κ2) is 5.54. The van der Waals surface area contributed by atoms with Gasteiger partial charge in [-0.1, -0.05) is 27.5 Å². The fourth-order valence-corrected chi connectivity index (χ4v) is 2.01. The van der Waals surface area contributed by atoms with Gasteiger partial charge in [0.15, 0.2) is 5.76 Å². The predicted molar refractivity (Wildman–Crippen MR) is 73.9 cm³/mol. The van der Waals surface area contributed by atoms with E-state index >= 15 is 0 Å². The topological polar surface area (TPSA) is 73.3 Å². The number of nitrogens with zero attached hydrogens (tertiary/aromatic N) is 1. The second-order valence-electron chi connectivity index (χ2n) is 3.64. The van der Waals surface area contributed by atoms with Crippen LogP contribution in [0.3, 0.4) is 0 Å². The quantitative estimate of drug-likeness (QED) is 0.362. The van der Waals surface area contributed by atoms with Gasteiger partial charge in [0.05, 0.1) is 15.8 Å². The Morgan fingerprint density at radius 2 is 2.11 bits per heavy atom. The Labute approximate surface area is 121 Å². The summed E-state index contributed by atoms with van der Waals surface area (Å²) in [6.45, 7) is 0. The maximum atomic E-state index is 11.4. The Bertz CT molecular complexity index is 653. The molecule has 0 saturated carbocycles. The van der Waals surface area contributed by atoms with Gasteiger partial charge in [0.2, 0.25) is 5.78 Å². The number of alkyl halides is 1. The molecule has 5 nitrogen and oxygen atoms in total. The summed E-state index contributed by atoms with van der Waals surface area (Å²) in [6, 6.07) is 7.26. The minimum atomic E-state index is -0.546. The van der Waals surface area contributed by atoms with Crippen LogP contribution >= 0.6 is 27.5 Å². The summed E-state index contributed by atoms with van der Waals surface area (Å²) in [5.74, 6) is 0.173. The maximum absolute atomic E-state index is 11.4. The lowest BCUT2D eigenvalue weighted by Crippen LogP contribution is -1.96. The monoisotopic (exact) mass is 343 g/mol. The molecule has 98 valence electrons. The molecule has 0 bridgehead atoms. The van der Waals surface area contributed by atoms with E-state index in [0.717, 1.165) is 0 Å². The van der Waals surface area contributed by atoms with Crippen LogP contribution in [-0.4, -0.2) is 16.0 Å². The maximum Gasteiger partial charge on any atom is 0.281 e. The molecule has 1 aromatic carbocycles. The third kappa shape index (κ3) is 2.85. The highest BCUT2D eigenvalue weighted by atomic mass is 79.9. The molecule has 7 heteroatoms. The number of furan rings is 1. The van der Waals surface area contributed by atoms with E-state index in [1.807, 2.05) is 0 Å². The Morgan fingerprint density at radius 3 is 2.74 bits per heavy atom. The van der Waals surface area contributed by atoms with E-state index in [-0.39, 0.29) is 38.9 Å². The third-order valence-corrected chi connectivity index (χ3v) is 3.17. The molecule has 2 aromatic rings. The van der Waals surface area contributed by atoms with Crippen molar-refractivity contribution in [1.82, 2.24) is 0 Å². The molecular weight excluding hydrogens is 337 g/mol. The predicted octanol–water partition coefficient (Wildman–Crippen LogP) is 4.09. The summed E-state index contributed by atoms with van der Waals surface area (Å²) in [6.07, 6.45) is 0. The van der Waals surface area contributed by atoms with Gasteiger partial charge in [-0.3, -0.25) is 14.9 Å². The lowest BCUT2D eigenvalue weighted by Gasteiger charge is -2.00. The summed E-state index contributed by atoms with van der Waals surface area (Å²) in [5, 5.41) is 11.4. The standard InChI is InChI=1S/C12H7BrClNO4/c13-6-10(16)12-4-3-11(19-12)8-2-1-7(14)5-9(8)15(17)18/h1-5H,6H2. The lowest BCUT2D eigenvalue weighted by atomic mass is 10.1. The third-order valence-electron chi connectivity index (χ3n) is 2.42. The minimum Gasteiger partial charge on any atom is -0.453 e. The number of benzene rings is 1. The molecule has 0 aliphatic carbocycles. The van der Waals surface area contributed by atoms with Crippen molar-refractivity contribution in [3.05, 3.63) is 51.2 Å². The second-order valence-corrected chi connectivity index (χ2v) is 4.64. The molecule has 0 radical (unpaired) electrons. The largest absolute Gasteiger partial charge is 0.453 e. The van der Waals surface area contributed by atoms with Crippen molar-refractivity contribution in [3.8, 4) is 11.3 Å². The molecule has 19 heavy (non-hydrogen) atoms. The normalized spacial score (nSPS) is 10.4. The van der Waals surface area contributed by atoms with E-state index in [0.29, 0.717) is 0 Å². The molecule has 0 aliphatic rings. The van der Waals surface area contributed by atoms with Crippen LogP contribution in [0.4, 0.5) is 5.69 Å². The number of hydrogen-bond acceptors (Lipinski definition) is 4. The summed E-state index contributed by atoms with van der Waals surface area (Å²) < 4.78 is 5.33. The van der Waals surface area contributed by atoms with Crippen molar-refractivity contribution < 1.29 is 14.1 Å². The molecule has 0 aliphatic heterocycles. The van der Waals surface area contributed by atoms with Gasteiger partial charge < -0.3 is 4.42 Å². The molecule has 0 spiro atoms. The Balaban J connectivity index is 2.50. The lowest BCUT2D eigenvalue weighted by molar-refractivity contribution is -0.384. The molecule has 0 amide bonds. The summed E-state index contributed by atoms with van der Waals surface area (Å²) in [4.78, 5) is 21.9. The van der Waals surface area contributed by atoms with Crippen LogP contribution in [0.15, 0.2) is 34.7 Å². The zero-order chi connectivity index (χ0) is 14.0. The first-order valence-electron chi connectivity index (χ1n) is 5.16. The van der Waals surface area contributed by atoms with Gasteiger partial charge in [-0.25, -0.2) is 0 Å². The van der Waals surface area contributed by atoms with E-state index in [9.17, 15) is 14.9 Å². The van der Waals surface area contributed by atoms with Gasteiger partial charge in [0, 0.05) is 11.1 Å². The first kappa shape index (κ1) is 13.8. The number of Topliss-reactive ketones (excluding diaryl/α,β-unsaturated/α-hetero) is 1. The van der Waals surface area contributed by atoms with Gasteiger partial charge in [-0.15, -0.1) is 0 Å². The SMILES string of the molecule is O=C(CBr)c1ccc(-c2ccc(Cl)cc2[N+](=O)[O-])o1. The van der Waals surface area contributed by atoms with E-state index in [1.54, 1.807) is 0 Å². The average Bonchev–Trinajstić information content (AvgIpc) is 2.87. The van der Waals surface area contributed by atoms with E-state index in [4.69, 9.17) is 16.0 Å². The first-order chi connectivity index (χ1) is 9.02. The van der Waals surface area contributed by atoms with Crippen LogP contribution in [0.25, 0.3) is 11.3 Å². The molecular formula is C12H7BrClNO4. The summed E-state index contributed by atoms with van der Waals surface area (Å²) in [5.41, 5.74) is 0.114. The number of nitro groups is 1. The van der Waals surface area contributed by atoms with Crippen LogP contribution < -0.4 is 0 Å². The number of halogens is 2. The molecule has 0 atom stereocenters. The zero-order valence-corrected chi connectivity index (χ0v) is 11.8. The zero-order valence-electron chi connectivity index (χ0n) is 9.43. The van der Waals surface area contributed by atoms with Gasteiger partial charge in [-0.2, -0.15) is 0 Å². The van der Waals surface area contributed by atoms with Crippen LogP contribution in [0.5, 0.6) is 0 Å². The van der Waals surface area contributed by atoms with Crippen molar-refractivity contribution in [3.63, 3.8) is 0 Å². The van der Waals surface area contributed by atoms with Crippen molar-refractivity contribution in [2.24, 2.45) is 0 Å². The van der Waals surface area contributed by atoms with Crippen molar-refractivity contribution in [2.75, 3.05) is 5.33 Å². The van der Waals surface area contributed by atoms with Gasteiger partial charge >= 0.3 is 0 Å². The highest BCUT2D eigenvalue weighted by Gasteiger charge is 2.19. The number of nitro benzene ring substituents is 1. The van der Waals surface area contributed by atoms with Crippen molar-refractivity contribution in [1.29, 1.82) is 0 Å². The minimum absolute atomic E-state index is 0.128. The Morgan fingerprint density at radius 1 is 1.37 bits per heavy atom. The number of carbonyl (C=O) groups excluding carboxylic acids is 1. The molecule has 0 fully saturated rings. The summed E-state index contributed by atoms with van der Waals surface area (Å²) >= 11 is 8.76. The van der Waals surface area contributed by atoms with Gasteiger partial charge in [0.25, 0.3) is 5.69 Å². The number of hydrogen-bond donors (Lipinski definition) is 0. The van der Waals surface area contributed by atoms with E-state index < -0.39 is 4.92 Å². The van der Waals surface area contributed by atoms with Crippen LogP contribution in [0, 0.1) is 10.1 Å². The average molecular weight is 345 g/mol. The fraction of sp³-hybridized carbons (Fsp3) is 0.0833. The summed E-state index contributed by atoms with van der Waals surface area (Å²) in [7, 11) is 0. The smallest absolute Gasteiger partial charge is 0.281 e. The van der Waals surface area contributed by atoms with Gasteiger partial charge in [0.1, 0.15) is 5.76 Å². The Hall–Kier alpha value is -1.66. The van der Waals surface area contributed by atoms with Crippen LogP contribution in [-0.2, 0) is 0 Å². The molecule has 2 rings (SSSR count). The van der Waals surface area contributed by atoms with Crippen LogP contribution in [0.1, 0.15) is 10.6 Å². The molecule has 1 aromatic heterocycles. The number of ketones is 1. The molecule has 0 unspecified atom stereocenters. The fourth-order valence-electron chi connectivity index (χ4n) is 1.56. The van der Waals surface area contributed by atoms with Gasteiger partial charge in [-0.05, 0) is 24.3 Å². The molecule has 0 N–H and O–H groups in total. The number of carbonyl (C=O) groups is 1. The Kier molecular flexibility index (Phi) is 4.01.